The van der Waals surface area contributed by atoms with Gasteiger partial charge in [-0.3, -0.25) is 4.79 Å². The van der Waals surface area contributed by atoms with E-state index in [9.17, 15) is 4.79 Å². The number of nitrogen functional groups attached to an aromatic ring is 1. The molecule has 8 heteroatoms. The van der Waals surface area contributed by atoms with Gasteiger partial charge in [0.25, 0.3) is 0 Å². The molecule has 0 radical (unpaired) electrons. The zero-order valence-electron chi connectivity index (χ0n) is 11.8. The zero-order chi connectivity index (χ0) is 15.2. The van der Waals surface area contributed by atoms with Crippen molar-refractivity contribution in [3.8, 4) is 0 Å². The molecule has 112 valence electrons. The number of rotatable bonds is 6. The van der Waals surface area contributed by atoms with Gasteiger partial charge in [0.1, 0.15) is 0 Å². The van der Waals surface area contributed by atoms with Crippen LogP contribution in [-0.4, -0.2) is 28.1 Å². The number of thioether (sulfide) groups is 2. The zero-order valence-corrected chi connectivity index (χ0v) is 14.2. The minimum Gasteiger partial charge on any atom is -0.399 e. The molecule has 1 amide bonds. The first-order valence-corrected chi connectivity index (χ1v) is 9.27. The van der Waals surface area contributed by atoms with Crippen LogP contribution in [0.15, 0.2) is 26.9 Å². The second-order valence-corrected chi connectivity index (χ2v) is 7.63. The number of aromatic nitrogens is 2. The number of carbonyl (C=O) groups excluding carboxylic acids is 1. The summed E-state index contributed by atoms with van der Waals surface area (Å²) in [6.45, 7) is 1.94. The van der Waals surface area contributed by atoms with Crippen molar-refractivity contribution in [2.75, 3.05) is 23.1 Å². The Balaban J connectivity index is 1.80. The summed E-state index contributed by atoms with van der Waals surface area (Å²) < 4.78 is 1.84. The Labute approximate surface area is 136 Å². The van der Waals surface area contributed by atoms with E-state index >= 15 is 0 Å². The molecule has 2 aromatic rings. The highest BCUT2D eigenvalue weighted by Crippen LogP contribution is 2.27. The number of hydrogen-bond donors (Lipinski definition) is 2. The number of amides is 1. The van der Waals surface area contributed by atoms with Crippen LogP contribution in [0.1, 0.15) is 12.0 Å². The number of hydrogen-bond acceptors (Lipinski definition) is 7. The molecule has 21 heavy (non-hydrogen) atoms. The molecule has 0 spiro atoms. The van der Waals surface area contributed by atoms with E-state index in [1.165, 1.54) is 0 Å². The van der Waals surface area contributed by atoms with Gasteiger partial charge in [0.15, 0.2) is 8.68 Å². The van der Waals surface area contributed by atoms with Crippen LogP contribution in [0.2, 0.25) is 0 Å². The van der Waals surface area contributed by atoms with Crippen molar-refractivity contribution >= 4 is 52.1 Å². The van der Waals surface area contributed by atoms with Gasteiger partial charge >= 0.3 is 0 Å². The minimum absolute atomic E-state index is 0.0224. The molecule has 0 saturated heterocycles. The molecular formula is C13H16N4OS3. The van der Waals surface area contributed by atoms with Crippen molar-refractivity contribution < 1.29 is 4.79 Å². The molecule has 1 aromatic carbocycles. The molecule has 5 nitrogen and oxygen atoms in total. The van der Waals surface area contributed by atoms with Crippen molar-refractivity contribution in [2.24, 2.45) is 0 Å². The third-order valence-electron chi connectivity index (χ3n) is 2.65. The average Bonchev–Trinajstić information content (AvgIpc) is 2.91. The Morgan fingerprint density at radius 1 is 1.38 bits per heavy atom. The van der Waals surface area contributed by atoms with Gasteiger partial charge in [-0.25, -0.2) is 0 Å². The summed E-state index contributed by atoms with van der Waals surface area (Å²) in [4.78, 5) is 11.9. The van der Waals surface area contributed by atoms with E-state index in [4.69, 9.17) is 5.73 Å². The third-order valence-corrected chi connectivity index (χ3v) is 5.69. The molecule has 0 aliphatic heterocycles. The molecule has 1 aromatic heterocycles. The first kappa shape index (κ1) is 16.1. The second kappa shape index (κ2) is 7.67. The summed E-state index contributed by atoms with van der Waals surface area (Å²) in [5.41, 5.74) is 8.13. The van der Waals surface area contributed by atoms with Crippen LogP contribution < -0.4 is 11.1 Å². The summed E-state index contributed by atoms with van der Waals surface area (Å²) in [7, 11) is 0. The molecule has 0 saturated carbocycles. The van der Waals surface area contributed by atoms with E-state index in [-0.39, 0.29) is 5.91 Å². The Morgan fingerprint density at radius 3 is 2.86 bits per heavy atom. The van der Waals surface area contributed by atoms with Crippen molar-refractivity contribution in [1.82, 2.24) is 10.2 Å². The fourth-order valence-electron chi connectivity index (χ4n) is 1.56. The predicted molar refractivity (Wildman–Crippen MR) is 91.3 cm³/mol. The van der Waals surface area contributed by atoms with Gasteiger partial charge in [-0.05, 0) is 30.9 Å². The lowest BCUT2D eigenvalue weighted by Crippen LogP contribution is -2.13. The molecule has 2 rings (SSSR count). The van der Waals surface area contributed by atoms with Crippen LogP contribution in [0.4, 0.5) is 11.4 Å². The fourth-order valence-corrected chi connectivity index (χ4v) is 4.00. The van der Waals surface area contributed by atoms with Crippen molar-refractivity contribution in [2.45, 2.75) is 22.0 Å². The predicted octanol–water partition coefficient (Wildman–Crippen LogP) is 3.27. The minimum atomic E-state index is -0.0224. The fraction of sp³-hybridized carbons (Fsp3) is 0.308. The van der Waals surface area contributed by atoms with Crippen LogP contribution in [0.3, 0.4) is 0 Å². The van der Waals surface area contributed by atoms with Crippen LogP contribution in [0, 0.1) is 6.92 Å². The van der Waals surface area contributed by atoms with Gasteiger partial charge in [-0.15, -0.1) is 10.2 Å². The standard InChI is InChI=1S/C13H16N4OS3/c1-8-3-4-9(14)7-10(8)15-11(18)5-6-20-13-17-16-12(19-2)21-13/h3-4,7H,5-6,14H2,1-2H3,(H,15,18). The highest BCUT2D eigenvalue weighted by molar-refractivity contribution is 8.02. The molecule has 0 bridgehead atoms. The summed E-state index contributed by atoms with van der Waals surface area (Å²) in [6.07, 6.45) is 2.39. The summed E-state index contributed by atoms with van der Waals surface area (Å²) in [5.74, 6) is 0.654. The highest BCUT2D eigenvalue weighted by Gasteiger charge is 2.08. The van der Waals surface area contributed by atoms with Crippen LogP contribution in [0.25, 0.3) is 0 Å². The van der Waals surface area contributed by atoms with Gasteiger partial charge in [0.05, 0.1) is 0 Å². The first-order chi connectivity index (χ1) is 10.1. The van der Waals surface area contributed by atoms with Crippen molar-refractivity contribution in [3.05, 3.63) is 23.8 Å². The molecule has 0 unspecified atom stereocenters. The van der Waals surface area contributed by atoms with E-state index in [1.54, 1.807) is 40.9 Å². The van der Waals surface area contributed by atoms with Gasteiger partial charge < -0.3 is 11.1 Å². The first-order valence-electron chi connectivity index (χ1n) is 6.25. The smallest absolute Gasteiger partial charge is 0.225 e. The maximum atomic E-state index is 11.9. The quantitative estimate of drug-likeness (QED) is 0.620. The second-order valence-electron chi connectivity index (χ2n) is 4.26. The lowest BCUT2D eigenvalue weighted by molar-refractivity contribution is -0.115. The Hall–Kier alpha value is -1.25. The van der Waals surface area contributed by atoms with Gasteiger partial charge in [0.2, 0.25) is 5.91 Å². The van der Waals surface area contributed by atoms with Gasteiger partial charge in [0, 0.05) is 23.5 Å². The summed E-state index contributed by atoms with van der Waals surface area (Å²) in [6, 6.07) is 5.49. The van der Waals surface area contributed by atoms with Crippen LogP contribution >= 0.6 is 34.9 Å². The number of benzene rings is 1. The summed E-state index contributed by atoms with van der Waals surface area (Å²) in [5, 5.41) is 11.0. The monoisotopic (exact) mass is 340 g/mol. The number of nitrogens with one attached hydrogen (secondary N) is 1. The molecule has 0 atom stereocenters. The van der Waals surface area contributed by atoms with E-state index < -0.39 is 0 Å². The normalized spacial score (nSPS) is 10.6. The molecule has 0 fully saturated rings. The Morgan fingerprint density at radius 2 is 2.14 bits per heavy atom. The maximum Gasteiger partial charge on any atom is 0.225 e. The highest BCUT2D eigenvalue weighted by atomic mass is 32.2. The molecule has 3 N–H and O–H groups in total. The lowest BCUT2D eigenvalue weighted by atomic mass is 10.2. The van der Waals surface area contributed by atoms with Crippen LogP contribution in [-0.2, 0) is 4.79 Å². The van der Waals surface area contributed by atoms with E-state index in [0.29, 0.717) is 17.9 Å². The van der Waals surface area contributed by atoms with Gasteiger partial charge in [-0.2, -0.15) is 0 Å². The lowest BCUT2D eigenvalue weighted by Gasteiger charge is -2.08. The van der Waals surface area contributed by atoms with Crippen molar-refractivity contribution in [1.29, 1.82) is 0 Å². The van der Waals surface area contributed by atoms with E-state index in [2.05, 4.69) is 15.5 Å². The Bertz CT molecular complexity index is 630. The van der Waals surface area contributed by atoms with Gasteiger partial charge in [-0.1, -0.05) is 40.9 Å². The number of aryl methyl sites for hydroxylation is 1. The molecule has 1 heterocycles. The third kappa shape index (κ3) is 4.90. The summed E-state index contributed by atoms with van der Waals surface area (Å²) >= 11 is 4.67. The number of nitrogens with two attached hydrogens (primary N) is 1. The molecule has 0 aliphatic carbocycles. The van der Waals surface area contributed by atoms with E-state index in [1.807, 2.05) is 25.3 Å². The van der Waals surface area contributed by atoms with Crippen molar-refractivity contribution in [3.63, 3.8) is 0 Å². The molecule has 0 aliphatic rings. The topological polar surface area (TPSA) is 80.9 Å². The number of nitrogens with zero attached hydrogens (tertiary/aromatic N) is 2. The average molecular weight is 340 g/mol. The number of anilines is 2. The molecular weight excluding hydrogens is 324 g/mol. The van der Waals surface area contributed by atoms with Crippen LogP contribution in [0.5, 0.6) is 0 Å². The van der Waals surface area contributed by atoms with E-state index in [0.717, 1.165) is 19.9 Å². The largest absolute Gasteiger partial charge is 0.399 e. The Kier molecular flexibility index (Phi) is 5.89. The maximum absolute atomic E-state index is 11.9. The number of carbonyl (C=O) groups is 1. The SMILES string of the molecule is CSc1nnc(SCCC(=O)Nc2cc(N)ccc2C)s1.